The molecule has 0 radical (unpaired) electrons. The van der Waals surface area contributed by atoms with Gasteiger partial charge in [-0.2, -0.15) is 0 Å². The van der Waals surface area contributed by atoms with Crippen molar-refractivity contribution in [3.63, 3.8) is 0 Å². The molecule has 2 rings (SSSR count). The van der Waals surface area contributed by atoms with Gasteiger partial charge in [0.1, 0.15) is 0 Å². The third-order valence-electron chi connectivity index (χ3n) is 3.05. The van der Waals surface area contributed by atoms with Crippen LogP contribution in [0.5, 0.6) is 0 Å². The first-order chi connectivity index (χ1) is 9.61. The molecule has 0 bridgehead atoms. The van der Waals surface area contributed by atoms with Crippen LogP contribution in [0.4, 0.5) is 0 Å². The second-order valence-corrected chi connectivity index (χ2v) is 6.64. The third-order valence-corrected chi connectivity index (χ3v) is 4.50. The predicted octanol–water partition coefficient (Wildman–Crippen LogP) is 5.69. The second kappa shape index (κ2) is 7.64. The Labute approximate surface area is 143 Å². The summed E-state index contributed by atoms with van der Waals surface area (Å²) in [4.78, 5) is 0. The lowest BCUT2D eigenvalue weighted by molar-refractivity contribution is 0.597. The summed E-state index contributed by atoms with van der Waals surface area (Å²) in [6, 6.07) is 14.1. The van der Waals surface area contributed by atoms with Gasteiger partial charge in [0.15, 0.2) is 0 Å². The lowest BCUT2D eigenvalue weighted by atomic mass is 9.98. The zero-order valence-electron chi connectivity index (χ0n) is 11.2. The van der Waals surface area contributed by atoms with E-state index in [1.165, 1.54) is 9.13 Å². The first-order valence-corrected chi connectivity index (χ1v) is 8.39. The van der Waals surface area contributed by atoms with Crippen LogP contribution in [0.3, 0.4) is 0 Å². The van der Waals surface area contributed by atoms with Gasteiger partial charge in [-0.1, -0.05) is 42.3 Å². The normalized spacial score (nSPS) is 12.4. The van der Waals surface area contributed by atoms with Gasteiger partial charge in [-0.3, -0.25) is 0 Å². The van der Waals surface area contributed by atoms with Crippen LogP contribution >= 0.6 is 45.8 Å². The number of hydrogen-bond acceptors (Lipinski definition) is 1. The van der Waals surface area contributed by atoms with Crippen molar-refractivity contribution >= 4 is 45.8 Å². The Morgan fingerprint density at radius 1 is 1.10 bits per heavy atom. The molecule has 0 heterocycles. The minimum atomic E-state index is 0.110. The van der Waals surface area contributed by atoms with E-state index in [0.717, 1.165) is 28.6 Å². The van der Waals surface area contributed by atoms with Crippen LogP contribution in [-0.4, -0.2) is 6.54 Å². The van der Waals surface area contributed by atoms with E-state index in [0.29, 0.717) is 0 Å². The van der Waals surface area contributed by atoms with Gasteiger partial charge in [0, 0.05) is 13.6 Å². The standard InChI is InChI=1S/C16H16Cl2IN/c1-2-8-20-16(11-4-3-5-12(17)9-11)14-10-13(18)6-7-15(14)19/h3-7,9-10,16,20H,2,8H2,1H3. The number of hydrogen-bond donors (Lipinski definition) is 1. The van der Waals surface area contributed by atoms with Crippen molar-refractivity contribution < 1.29 is 0 Å². The maximum absolute atomic E-state index is 6.16. The summed E-state index contributed by atoms with van der Waals surface area (Å²) in [6.07, 6.45) is 1.08. The molecule has 20 heavy (non-hydrogen) atoms. The average molecular weight is 420 g/mol. The molecule has 1 unspecified atom stereocenters. The summed E-state index contributed by atoms with van der Waals surface area (Å²) >= 11 is 14.6. The van der Waals surface area contributed by atoms with E-state index in [4.69, 9.17) is 23.2 Å². The van der Waals surface area contributed by atoms with Gasteiger partial charge >= 0.3 is 0 Å². The van der Waals surface area contributed by atoms with Crippen LogP contribution in [0, 0.1) is 3.57 Å². The first kappa shape index (κ1) is 16.1. The minimum Gasteiger partial charge on any atom is -0.306 e. The Morgan fingerprint density at radius 2 is 1.85 bits per heavy atom. The highest BCUT2D eigenvalue weighted by Gasteiger charge is 2.16. The van der Waals surface area contributed by atoms with E-state index in [1.54, 1.807) is 0 Å². The zero-order valence-corrected chi connectivity index (χ0v) is 14.8. The molecule has 1 nitrogen and oxygen atoms in total. The van der Waals surface area contributed by atoms with Crippen LogP contribution in [-0.2, 0) is 0 Å². The highest BCUT2D eigenvalue weighted by molar-refractivity contribution is 14.1. The summed E-state index contributed by atoms with van der Waals surface area (Å²) in [5.74, 6) is 0. The fraction of sp³-hybridized carbons (Fsp3) is 0.250. The minimum absolute atomic E-state index is 0.110. The Hall–Kier alpha value is -0.290. The van der Waals surface area contributed by atoms with Crippen molar-refractivity contribution in [3.8, 4) is 0 Å². The molecule has 2 aromatic rings. The van der Waals surface area contributed by atoms with Gasteiger partial charge in [-0.15, -0.1) is 0 Å². The molecular formula is C16H16Cl2IN. The van der Waals surface area contributed by atoms with Gasteiger partial charge in [0.25, 0.3) is 0 Å². The van der Waals surface area contributed by atoms with E-state index >= 15 is 0 Å². The second-order valence-electron chi connectivity index (χ2n) is 4.61. The summed E-state index contributed by atoms with van der Waals surface area (Å²) in [6.45, 7) is 3.10. The van der Waals surface area contributed by atoms with Crippen LogP contribution in [0.15, 0.2) is 42.5 Å². The van der Waals surface area contributed by atoms with E-state index in [9.17, 15) is 0 Å². The molecule has 0 aliphatic carbocycles. The zero-order chi connectivity index (χ0) is 14.5. The van der Waals surface area contributed by atoms with E-state index in [-0.39, 0.29) is 6.04 Å². The average Bonchev–Trinajstić information content (AvgIpc) is 2.43. The van der Waals surface area contributed by atoms with Crippen molar-refractivity contribution in [1.29, 1.82) is 0 Å². The molecule has 0 spiro atoms. The quantitative estimate of drug-likeness (QED) is 0.614. The van der Waals surface area contributed by atoms with Crippen LogP contribution in [0.25, 0.3) is 0 Å². The molecule has 1 atom stereocenters. The fourth-order valence-corrected chi connectivity index (χ4v) is 3.14. The molecule has 0 aliphatic rings. The molecule has 0 amide bonds. The molecule has 1 N–H and O–H groups in total. The lowest BCUT2D eigenvalue weighted by Gasteiger charge is -2.21. The Balaban J connectivity index is 2.44. The Morgan fingerprint density at radius 3 is 2.55 bits per heavy atom. The van der Waals surface area contributed by atoms with Crippen molar-refractivity contribution in [2.75, 3.05) is 6.54 Å². The van der Waals surface area contributed by atoms with Crippen molar-refractivity contribution in [2.24, 2.45) is 0 Å². The monoisotopic (exact) mass is 419 g/mol. The topological polar surface area (TPSA) is 12.0 Å². The maximum Gasteiger partial charge on any atom is 0.0588 e. The molecule has 4 heteroatoms. The van der Waals surface area contributed by atoms with Gasteiger partial charge in [0.2, 0.25) is 0 Å². The smallest absolute Gasteiger partial charge is 0.0588 e. The van der Waals surface area contributed by atoms with Crippen molar-refractivity contribution in [3.05, 3.63) is 67.2 Å². The lowest BCUT2D eigenvalue weighted by Crippen LogP contribution is -2.24. The Bertz CT molecular complexity index is 586. The van der Waals surface area contributed by atoms with E-state index in [2.05, 4.69) is 40.9 Å². The van der Waals surface area contributed by atoms with Crippen molar-refractivity contribution in [1.82, 2.24) is 5.32 Å². The van der Waals surface area contributed by atoms with Gasteiger partial charge in [0.05, 0.1) is 6.04 Å². The maximum atomic E-state index is 6.16. The fourth-order valence-electron chi connectivity index (χ4n) is 2.12. The van der Waals surface area contributed by atoms with Crippen molar-refractivity contribution in [2.45, 2.75) is 19.4 Å². The Kier molecular flexibility index (Phi) is 6.15. The highest BCUT2D eigenvalue weighted by atomic mass is 127. The number of rotatable bonds is 5. The van der Waals surface area contributed by atoms with Gasteiger partial charge in [-0.05, 0) is 77.0 Å². The SMILES string of the molecule is CCCNC(c1cccc(Cl)c1)c1cc(Cl)ccc1I. The molecule has 106 valence electrons. The third kappa shape index (κ3) is 4.10. The van der Waals surface area contributed by atoms with Crippen LogP contribution in [0.1, 0.15) is 30.5 Å². The number of benzene rings is 2. The number of nitrogens with one attached hydrogen (secondary N) is 1. The molecule has 0 aromatic heterocycles. The molecular weight excluding hydrogens is 404 g/mol. The van der Waals surface area contributed by atoms with Crippen LogP contribution < -0.4 is 5.32 Å². The van der Waals surface area contributed by atoms with Gasteiger partial charge in [-0.25, -0.2) is 0 Å². The summed E-state index contributed by atoms with van der Waals surface area (Å²) in [5.41, 5.74) is 2.35. The highest BCUT2D eigenvalue weighted by Crippen LogP contribution is 2.30. The summed E-state index contributed by atoms with van der Waals surface area (Å²) < 4.78 is 1.19. The molecule has 2 aromatic carbocycles. The molecule has 0 saturated heterocycles. The van der Waals surface area contributed by atoms with E-state index in [1.807, 2.05) is 36.4 Å². The first-order valence-electron chi connectivity index (χ1n) is 6.55. The summed E-state index contributed by atoms with van der Waals surface area (Å²) in [7, 11) is 0. The summed E-state index contributed by atoms with van der Waals surface area (Å²) in [5, 5.41) is 5.08. The predicted molar refractivity (Wildman–Crippen MR) is 95.8 cm³/mol. The molecule has 0 fully saturated rings. The van der Waals surface area contributed by atoms with Crippen LogP contribution in [0.2, 0.25) is 10.0 Å². The van der Waals surface area contributed by atoms with E-state index < -0.39 is 0 Å². The largest absolute Gasteiger partial charge is 0.306 e. The molecule has 0 saturated carbocycles. The number of halogens is 3. The molecule has 0 aliphatic heterocycles. The van der Waals surface area contributed by atoms with Gasteiger partial charge < -0.3 is 5.32 Å².